The van der Waals surface area contributed by atoms with Gasteiger partial charge < -0.3 is 14.6 Å². The molecule has 1 N–H and O–H groups in total. The Bertz CT molecular complexity index is 1420. The fourth-order valence-electron chi connectivity index (χ4n) is 5.99. The monoisotopic (exact) mass is 488 g/mol. The number of nitrogens with one attached hydrogen (secondary N) is 1. The first kappa shape index (κ1) is 22.6. The zero-order valence-electron chi connectivity index (χ0n) is 20.0. The Balaban J connectivity index is 1.07. The second kappa shape index (κ2) is 8.69. The summed E-state index contributed by atoms with van der Waals surface area (Å²) < 4.78 is 34.4. The molecule has 2 fully saturated rings. The molecule has 0 aliphatic heterocycles. The van der Waals surface area contributed by atoms with E-state index in [0.29, 0.717) is 34.7 Å². The number of hydrogen-bond donors (Lipinski definition) is 1. The number of aromatic nitrogens is 3. The number of anilines is 1. The summed E-state index contributed by atoms with van der Waals surface area (Å²) in [6, 6.07) is 14.1. The number of nitrogens with zero attached hydrogens (tertiary/aromatic N) is 3. The molecule has 1 amide bonds. The van der Waals surface area contributed by atoms with E-state index < -0.39 is 11.6 Å². The van der Waals surface area contributed by atoms with Crippen molar-refractivity contribution in [1.82, 2.24) is 14.5 Å². The summed E-state index contributed by atoms with van der Waals surface area (Å²) in [7, 11) is 1.58. The van der Waals surface area contributed by atoms with E-state index in [1.165, 1.54) is 6.07 Å². The number of hydrogen-bond acceptors (Lipinski definition) is 4. The second-order valence-corrected chi connectivity index (χ2v) is 9.88. The van der Waals surface area contributed by atoms with Crippen molar-refractivity contribution in [2.24, 2.45) is 23.7 Å². The number of ether oxygens (including phenoxy) is 1. The molecule has 2 aromatic carbocycles. The molecule has 8 heteroatoms. The van der Waals surface area contributed by atoms with Crippen molar-refractivity contribution in [2.45, 2.75) is 25.8 Å². The number of carbonyl (C=O) groups excluding carboxylic acids is 1. The SMILES string of the molecule is COc1ccc(-c2ccc(NC(=O)[C@@H](C)[C@@H]3[C@@H]4C[C@H](n5cnc6cc(F)c(F)cc65)C[C@@H]43)cc2)cn1. The van der Waals surface area contributed by atoms with Gasteiger partial charge in [0.25, 0.3) is 0 Å². The van der Waals surface area contributed by atoms with Crippen molar-refractivity contribution in [3.63, 3.8) is 0 Å². The normalized spacial score (nSPS) is 23.3. The minimum absolute atomic E-state index is 0.0236. The summed E-state index contributed by atoms with van der Waals surface area (Å²) in [5.74, 6) is 0.0173. The van der Waals surface area contributed by atoms with Crippen LogP contribution in [-0.2, 0) is 4.79 Å². The van der Waals surface area contributed by atoms with Crippen LogP contribution in [0.25, 0.3) is 22.2 Å². The molecule has 4 aromatic rings. The fraction of sp³-hybridized carbons (Fsp3) is 0.321. The smallest absolute Gasteiger partial charge is 0.227 e. The molecule has 0 saturated heterocycles. The summed E-state index contributed by atoms with van der Waals surface area (Å²) in [6.45, 7) is 2.00. The third kappa shape index (κ3) is 3.90. The molecular weight excluding hydrogens is 462 g/mol. The van der Waals surface area contributed by atoms with Crippen LogP contribution in [0.15, 0.2) is 61.1 Å². The number of imidazole rings is 1. The zero-order chi connectivity index (χ0) is 25.0. The van der Waals surface area contributed by atoms with Gasteiger partial charge in [0.05, 0.1) is 24.5 Å². The fourth-order valence-corrected chi connectivity index (χ4v) is 5.99. The van der Waals surface area contributed by atoms with Crippen LogP contribution in [0.1, 0.15) is 25.8 Å². The van der Waals surface area contributed by atoms with Gasteiger partial charge in [0, 0.05) is 47.6 Å². The average molecular weight is 489 g/mol. The summed E-state index contributed by atoms with van der Waals surface area (Å²) >= 11 is 0. The minimum Gasteiger partial charge on any atom is -0.481 e. The van der Waals surface area contributed by atoms with Crippen LogP contribution in [0.5, 0.6) is 5.88 Å². The van der Waals surface area contributed by atoms with Crippen LogP contribution in [0, 0.1) is 35.3 Å². The highest BCUT2D eigenvalue weighted by Gasteiger charge is 2.59. The second-order valence-electron chi connectivity index (χ2n) is 9.88. The number of benzene rings is 2. The Morgan fingerprint density at radius 2 is 1.72 bits per heavy atom. The maximum absolute atomic E-state index is 13.8. The van der Waals surface area contributed by atoms with Gasteiger partial charge in [-0.3, -0.25) is 4.79 Å². The minimum atomic E-state index is -0.880. The molecule has 5 atom stereocenters. The van der Waals surface area contributed by atoms with Crippen molar-refractivity contribution < 1.29 is 18.3 Å². The van der Waals surface area contributed by atoms with Gasteiger partial charge in [-0.2, -0.15) is 0 Å². The largest absolute Gasteiger partial charge is 0.481 e. The molecule has 2 aromatic heterocycles. The molecule has 2 heterocycles. The number of halogens is 2. The van der Waals surface area contributed by atoms with Gasteiger partial charge in [-0.1, -0.05) is 19.1 Å². The van der Waals surface area contributed by atoms with E-state index in [-0.39, 0.29) is 17.9 Å². The quantitative estimate of drug-likeness (QED) is 0.369. The lowest BCUT2D eigenvalue weighted by atomic mass is 9.96. The van der Waals surface area contributed by atoms with E-state index >= 15 is 0 Å². The zero-order valence-corrected chi connectivity index (χ0v) is 20.0. The highest BCUT2D eigenvalue weighted by Crippen LogP contribution is 2.64. The number of carbonyl (C=O) groups is 1. The van der Waals surface area contributed by atoms with Gasteiger partial charge in [-0.15, -0.1) is 0 Å². The number of fused-ring (bicyclic) bond motifs is 2. The first-order valence-electron chi connectivity index (χ1n) is 12.2. The van der Waals surface area contributed by atoms with Crippen LogP contribution in [0.4, 0.5) is 14.5 Å². The Kier molecular flexibility index (Phi) is 5.47. The molecule has 0 spiro atoms. The third-order valence-corrected chi connectivity index (χ3v) is 7.92. The van der Waals surface area contributed by atoms with Crippen molar-refractivity contribution in [3.8, 4) is 17.0 Å². The first-order valence-corrected chi connectivity index (χ1v) is 12.2. The Morgan fingerprint density at radius 1 is 1.03 bits per heavy atom. The van der Waals surface area contributed by atoms with Crippen LogP contribution in [0.2, 0.25) is 0 Å². The Morgan fingerprint density at radius 3 is 2.39 bits per heavy atom. The van der Waals surface area contributed by atoms with E-state index in [1.807, 2.05) is 47.9 Å². The number of methoxy groups -OCH3 is 1. The van der Waals surface area contributed by atoms with Gasteiger partial charge in [-0.05, 0) is 54.4 Å². The predicted molar refractivity (Wildman–Crippen MR) is 132 cm³/mol. The number of amides is 1. The van der Waals surface area contributed by atoms with E-state index in [4.69, 9.17) is 4.74 Å². The van der Waals surface area contributed by atoms with Crippen LogP contribution >= 0.6 is 0 Å². The lowest BCUT2D eigenvalue weighted by molar-refractivity contribution is -0.120. The van der Waals surface area contributed by atoms with Crippen molar-refractivity contribution in [3.05, 3.63) is 72.7 Å². The molecule has 6 rings (SSSR count). The Labute approximate surface area is 207 Å². The molecule has 36 heavy (non-hydrogen) atoms. The van der Waals surface area contributed by atoms with E-state index in [1.54, 1.807) is 19.6 Å². The first-order chi connectivity index (χ1) is 17.4. The lowest BCUT2D eigenvalue weighted by Crippen LogP contribution is -2.24. The van der Waals surface area contributed by atoms with Gasteiger partial charge in [0.2, 0.25) is 11.8 Å². The average Bonchev–Trinajstić information content (AvgIpc) is 3.18. The van der Waals surface area contributed by atoms with Crippen molar-refractivity contribution in [1.29, 1.82) is 0 Å². The lowest BCUT2D eigenvalue weighted by Gasteiger charge is -2.20. The highest BCUT2D eigenvalue weighted by atomic mass is 19.2. The summed E-state index contributed by atoms with van der Waals surface area (Å²) in [5, 5.41) is 3.06. The van der Waals surface area contributed by atoms with Crippen LogP contribution < -0.4 is 10.1 Å². The highest BCUT2D eigenvalue weighted by molar-refractivity contribution is 5.93. The van der Waals surface area contributed by atoms with E-state index in [9.17, 15) is 13.6 Å². The Hall–Kier alpha value is -3.81. The topological polar surface area (TPSA) is 69.0 Å². The molecule has 2 saturated carbocycles. The molecule has 0 unspecified atom stereocenters. The summed E-state index contributed by atoms with van der Waals surface area (Å²) in [6.07, 6.45) is 5.27. The van der Waals surface area contributed by atoms with Gasteiger partial charge in [0.1, 0.15) is 0 Å². The number of pyridine rings is 1. The third-order valence-electron chi connectivity index (χ3n) is 7.92. The predicted octanol–water partition coefficient (Wildman–Crippen LogP) is 5.86. The van der Waals surface area contributed by atoms with Crippen LogP contribution in [-0.4, -0.2) is 27.6 Å². The van der Waals surface area contributed by atoms with Gasteiger partial charge in [0.15, 0.2) is 11.6 Å². The molecule has 0 bridgehead atoms. The molecule has 2 aliphatic rings. The molecule has 0 radical (unpaired) electrons. The molecular formula is C28H26F2N4O2. The van der Waals surface area contributed by atoms with Crippen molar-refractivity contribution >= 4 is 22.6 Å². The maximum Gasteiger partial charge on any atom is 0.227 e. The standard InChI is InChI=1S/C28H26F2N4O2/c1-15(28(35)33-18-6-3-16(4-7-18)17-5-8-26(36-2)31-13-17)27-20-9-19(10-21(20)27)34-14-32-24-11-22(29)23(30)12-25(24)34/h3-8,11-15,19-21,27H,9-10H2,1-2H3,(H,33,35)/t15-,19-,20+,21-,27+/m0/s1. The van der Waals surface area contributed by atoms with E-state index in [0.717, 1.165) is 35.7 Å². The van der Waals surface area contributed by atoms with Gasteiger partial charge in [-0.25, -0.2) is 18.7 Å². The van der Waals surface area contributed by atoms with Gasteiger partial charge >= 0.3 is 0 Å². The summed E-state index contributed by atoms with van der Waals surface area (Å²) in [4.78, 5) is 21.5. The molecule has 2 aliphatic carbocycles. The molecule has 6 nitrogen and oxygen atoms in total. The number of rotatable bonds is 6. The van der Waals surface area contributed by atoms with Crippen molar-refractivity contribution in [2.75, 3.05) is 12.4 Å². The van der Waals surface area contributed by atoms with E-state index in [2.05, 4.69) is 15.3 Å². The summed E-state index contributed by atoms with van der Waals surface area (Å²) in [5.41, 5.74) is 3.83. The maximum atomic E-state index is 13.8. The van der Waals surface area contributed by atoms with Crippen LogP contribution in [0.3, 0.4) is 0 Å². The molecule has 184 valence electrons.